The maximum atomic E-state index is 14.2. The molecular formula is C26H15Cl7FN3O6. The number of nitrogens with zero attached hydrogens (tertiary/aromatic N) is 3. The van der Waals surface area contributed by atoms with Crippen molar-refractivity contribution in [2.24, 2.45) is 11.8 Å². The highest BCUT2D eigenvalue weighted by Crippen LogP contribution is 2.77. The van der Waals surface area contributed by atoms with E-state index in [2.05, 4.69) is 0 Å². The van der Waals surface area contributed by atoms with Gasteiger partial charge in [0.25, 0.3) is 23.4 Å². The molecule has 1 aliphatic heterocycles. The first kappa shape index (κ1) is 32.2. The van der Waals surface area contributed by atoms with Gasteiger partial charge in [-0.15, -0.1) is 34.8 Å². The van der Waals surface area contributed by atoms with Gasteiger partial charge in [-0.25, -0.2) is 9.40 Å². The van der Waals surface area contributed by atoms with Crippen LogP contribution in [0.15, 0.2) is 58.6 Å². The molecule has 2 aromatic carbocycles. The number of Topliss-reactive ketones (excluding diaryl/α,β-unsaturated/α-hetero) is 1. The number of carbonyl (C=O) groups is 4. The number of amides is 3. The van der Waals surface area contributed by atoms with E-state index in [0.717, 1.165) is 48.5 Å². The van der Waals surface area contributed by atoms with Crippen molar-refractivity contribution in [1.29, 1.82) is 0 Å². The molecule has 0 radical (unpaired) electrons. The average molecular weight is 733 g/mol. The van der Waals surface area contributed by atoms with Crippen LogP contribution in [-0.2, 0) is 9.59 Å². The van der Waals surface area contributed by atoms with Crippen LogP contribution in [-0.4, -0.2) is 64.4 Å². The van der Waals surface area contributed by atoms with Crippen LogP contribution in [0.3, 0.4) is 0 Å². The lowest BCUT2D eigenvalue weighted by Gasteiger charge is -2.39. The fourth-order valence-electron chi connectivity index (χ4n) is 5.70. The number of non-ortho nitro benzene ring substituents is 1. The SMILES string of the molecule is O=C(c1ccc(F)cc1)[C@H](CCCl)N(C(=O)c1ccc([N+](=O)[O-])cc1)N1C(=O)[C@@H]2[C@H](C1=O)[C@@]1(Cl)C(Cl)=C(Cl)[C@@]2(Cl)C1(Cl)Cl. The van der Waals surface area contributed by atoms with Crippen molar-refractivity contribution < 1.29 is 28.5 Å². The number of imide groups is 1. The Kier molecular flexibility index (Phi) is 8.25. The lowest BCUT2D eigenvalue weighted by atomic mass is 9.84. The van der Waals surface area contributed by atoms with Crippen LogP contribution in [0, 0.1) is 27.8 Å². The van der Waals surface area contributed by atoms with Crippen LogP contribution in [0.25, 0.3) is 0 Å². The van der Waals surface area contributed by atoms with E-state index in [-0.39, 0.29) is 39.2 Å². The standard InChI is InChI=1S/C26H15Cl7FN3O6/c27-10-9-15(18(38)11-1-5-13(34)6-2-11)35(21(39)12-3-7-14(8-4-12)37(42)43)36-22(40)16-17(23(36)41)25(31)20(29)19(28)24(16,30)26(25,32)33/h1-8,15-17H,9-10H2/t15-,16-,17+,24+,25+/m0/s1. The molecule has 0 unspecified atom stereocenters. The highest BCUT2D eigenvalue weighted by molar-refractivity contribution is 6.66. The van der Waals surface area contributed by atoms with Gasteiger partial charge in [-0.1, -0.05) is 46.4 Å². The Labute approximate surface area is 277 Å². The maximum Gasteiger partial charge on any atom is 0.273 e. The monoisotopic (exact) mass is 729 g/mol. The molecule has 9 nitrogen and oxygen atoms in total. The van der Waals surface area contributed by atoms with Crippen LogP contribution in [0.1, 0.15) is 27.1 Å². The van der Waals surface area contributed by atoms with Gasteiger partial charge in [0.2, 0.25) is 0 Å². The number of fused-ring (bicyclic) bond motifs is 5. The van der Waals surface area contributed by atoms with Gasteiger partial charge in [0, 0.05) is 29.1 Å². The highest BCUT2D eigenvalue weighted by Gasteiger charge is 2.88. The van der Waals surface area contributed by atoms with E-state index in [4.69, 9.17) is 81.2 Å². The normalized spacial score (nSPS) is 27.9. The summed E-state index contributed by atoms with van der Waals surface area (Å²) in [6.07, 6.45) is -0.296. The quantitative estimate of drug-likeness (QED) is 0.102. The molecule has 17 heteroatoms. The van der Waals surface area contributed by atoms with E-state index in [0.29, 0.717) is 10.0 Å². The summed E-state index contributed by atoms with van der Waals surface area (Å²) in [5.41, 5.74) is -0.670. The summed E-state index contributed by atoms with van der Waals surface area (Å²) >= 11 is 45.5. The van der Waals surface area contributed by atoms with Crippen molar-refractivity contribution in [2.45, 2.75) is 26.5 Å². The third-order valence-corrected chi connectivity index (χ3v) is 12.2. The highest BCUT2D eigenvalue weighted by atomic mass is 35.5. The molecule has 3 amide bonds. The molecule has 3 aliphatic rings. The van der Waals surface area contributed by atoms with Crippen molar-refractivity contribution in [3.63, 3.8) is 0 Å². The summed E-state index contributed by atoms with van der Waals surface area (Å²) in [7, 11) is 0. The molecule has 2 bridgehead atoms. The second-order valence-corrected chi connectivity index (χ2v) is 13.5. The van der Waals surface area contributed by atoms with Gasteiger partial charge in [0.15, 0.2) is 10.1 Å². The number of carbonyl (C=O) groups excluding carboxylic acids is 4. The van der Waals surface area contributed by atoms with Gasteiger partial charge in [-0.3, -0.25) is 29.3 Å². The van der Waals surface area contributed by atoms with Crippen molar-refractivity contribution in [3.05, 3.63) is 85.7 Å². The minimum atomic E-state index is -2.25. The predicted octanol–water partition coefficient (Wildman–Crippen LogP) is 6.42. The van der Waals surface area contributed by atoms with E-state index in [9.17, 15) is 33.7 Å². The fourth-order valence-corrected chi connectivity index (χ4v) is 8.83. The summed E-state index contributed by atoms with van der Waals surface area (Å²) in [4.78, 5) is 62.3. The predicted molar refractivity (Wildman–Crippen MR) is 158 cm³/mol. The van der Waals surface area contributed by atoms with Crippen molar-refractivity contribution in [1.82, 2.24) is 10.0 Å². The number of hydrogen-bond donors (Lipinski definition) is 0. The molecule has 0 spiro atoms. The Bertz CT molecular complexity index is 1580. The molecule has 43 heavy (non-hydrogen) atoms. The average Bonchev–Trinajstić information content (AvgIpc) is 3.35. The second-order valence-electron chi connectivity index (χ2n) is 9.89. The first-order valence-corrected chi connectivity index (χ1v) is 15.0. The van der Waals surface area contributed by atoms with Gasteiger partial charge in [-0.05, 0) is 42.8 Å². The summed E-state index contributed by atoms with van der Waals surface area (Å²) in [6, 6.07) is 6.88. The number of nitro groups is 1. The molecule has 2 fully saturated rings. The smallest absolute Gasteiger partial charge is 0.273 e. The first-order chi connectivity index (χ1) is 20.1. The number of rotatable bonds is 8. The van der Waals surface area contributed by atoms with Crippen molar-refractivity contribution in [2.75, 3.05) is 5.88 Å². The van der Waals surface area contributed by atoms with Crippen LogP contribution in [0.2, 0.25) is 0 Å². The minimum absolute atomic E-state index is 0.0757. The summed E-state index contributed by atoms with van der Waals surface area (Å²) in [5.74, 6) is -8.29. The number of hydrazine groups is 1. The molecule has 1 saturated heterocycles. The van der Waals surface area contributed by atoms with E-state index in [1.54, 1.807) is 0 Å². The number of halogens is 8. The molecule has 0 aromatic heterocycles. The summed E-state index contributed by atoms with van der Waals surface area (Å²) in [5, 5.41) is 11.4. The summed E-state index contributed by atoms with van der Waals surface area (Å²) < 4.78 is 11.4. The molecular weight excluding hydrogens is 717 g/mol. The lowest BCUT2D eigenvalue weighted by Crippen LogP contribution is -2.60. The van der Waals surface area contributed by atoms with Crippen LogP contribution in [0.4, 0.5) is 10.1 Å². The fraction of sp³-hybridized carbons (Fsp3) is 0.308. The minimum Gasteiger partial charge on any atom is -0.292 e. The Morgan fingerprint density at radius 2 is 1.37 bits per heavy atom. The zero-order valence-electron chi connectivity index (χ0n) is 21.1. The Hall–Kier alpha value is -2.18. The zero-order valence-corrected chi connectivity index (χ0v) is 26.4. The molecule has 2 aromatic rings. The third kappa shape index (κ3) is 4.32. The van der Waals surface area contributed by atoms with Gasteiger partial charge in [0.1, 0.15) is 21.6 Å². The Balaban J connectivity index is 1.67. The van der Waals surface area contributed by atoms with E-state index < -0.39 is 66.2 Å². The Morgan fingerprint density at radius 1 is 0.907 bits per heavy atom. The molecule has 0 N–H and O–H groups in total. The molecule has 1 saturated carbocycles. The van der Waals surface area contributed by atoms with E-state index in [1.807, 2.05) is 0 Å². The number of allylic oxidation sites excluding steroid dienone is 2. The second kappa shape index (κ2) is 11.0. The Morgan fingerprint density at radius 3 is 1.81 bits per heavy atom. The largest absolute Gasteiger partial charge is 0.292 e. The zero-order chi connectivity index (χ0) is 31.8. The van der Waals surface area contributed by atoms with Gasteiger partial charge in [0.05, 0.1) is 26.8 Å². The maximum absolute atomic E-state index is 14.2. The van der Waals surface area contributed by atoms with Crippen LogP contribution in [0.5, 0.6) is 0 Å². The summed E-state index contributed by atoms with van der Waals surface area (Å²) in [6.45, 7) is 0. The number of nitro benzene ring substituents is 1. The van der Waals surface area contributed by atoms with Gasteiger partial charge >= 0.3 is 0 Å². The molecule has 2 aliphatic carbocycles. The molecule has 226 valence electrons. The first-order valence-electron chi connectivity index (χ1n) is 12.2. The number of benzene rings is 2. The van der Waals surface area contributed by atoms with E-state index in [1.165, 1.54) is 0 Å². The number of hydrogen-bond acceptors (Lipinski definition) is 6. The van der Waals surface area contributed by atoms with Crippen LogP contribution >= 0.6 is 81.2 Å². The molecule has 5 atom stereocenters. The van der Waals surface area contributed by atoms with Gasteiger partial charge < -0.3 is 0 Å². The lowest BCUT2D eigenvalue weighted by molar-refractivity contribution is -0.384. The van der Waals surface area contributed by atoms with Gasteiger partial charge in [-0.2, -0.15) is 5.01 Å². The topological polar surface area (TPSA) is 118 Å². The number of ketones is 1. The van der Waals surface area contributed by atoms with Crippen LogP contribution < -0.4 is 0 Å². The van der Waals surface area contributed by atoms with E-state index >= 15 is 0 Å². The third-order valence-electron chi connectivity index (χ3n) is 7.74. The molecule has 1 heterocycles. The van der Waals surface area contributed by atoms with Crippen molar-refractivity contribution >= 4 is 110 Å². The number of alkyl halides is 5. The molecule has 5 rings (SSSR count). The van der Waals surface area contributed by atoms with Crippen molar-refractivity contribution in [3.8, 4) is 0 Å².